The molecule has 144 valence electrons. The molecule has 3 rings (SSSR count). The number of piperidine rings is 1. The van der Waals surface area contributed by atoms with E-state index < -0.39 is 4.92 Å². The lowest BCUT2D eigenvalue weighted by molar-refractivity contribution is -0.383. The van der Waals surface area contributed by atoms with Gasteiger partial charge in [0, 0.05) is 48.4 Å². The van der Waals surface area contributed by atoms with E-state index in [1.807, 2.05) is 24.0 Å². The first kappa shape index (κ1) is 19.1. The van der Waals surface area contributed by atoms with E-state index in [1.54, 1.807) is 6.07 Å². The number of hydrogen-bond donors (Lipinski definition) is 1. The number of rotatable bonds is 5. The second-order valence-corrected chi connectivity index (χ2v) is 7.64. The number of para-hydroxylation sites is 1. The van der Waals surface area contributed by atoms with E-state index in [0.717, 1.165) is 42.7 Å². The molecule has 0 unspecified atom stereocenters. The number of anilines is 1. The van der Waals surface area contributed by atoms with Gasteiger partial charge in [0.25, 0.3) is 5.69 Å². The smallest absolute Gasteiger partial charge is 0.295 e. The van der Waals surface area contributed by atoms with Gasteiger partial charge in [-0.15, -0.1) is 0 Å². The maximum atomic E-state index is 12.2. The minimum atomic E-state index is -0.391. The van der Waals surface area contributed by atoms with Gasteiger partial charge in [0.15, 0.2) is 5.52 Å². The summed E-state index contributed by atoms with van der Waals surface area (Å²) in [5.41, 5.74) is 2.04. The van der Waals surface area contributed by atoms with Crippen molar-refractivity contribution in [2.45, 2.75) is 46.1 Å². The molecular weight excluding hydrogens is 344 g/mol. The number of aromatic nitrogens is 1. The van der Waals surface area contributed by atoms with E-state index in [-0.39, 0.29) is 17.6 Å². The van der Waals surface area contributed by atoms with Crippen molar-refractivity contribution >= 4 is 28.2 Å². The second-order valence-electron chi connectivity index (χ2n) is 7.64. The summed E-state index contributed by atoms with van der Waals surface area (Å²) in [4.78, 5) is 29.5. The number of nitro benzene ring substituents is 1. The molecule has 7 heteroatoms. The van der Waals surface area contributed by atoms with Gasteiger partial charge in [0.1, 0.15) is 0 Å². The van der Waals surface area contributed by atoms with E-state index in [0.29, 0.717) is 17.9 Å². The van der Waals surface area contributed by atoms with Crippen LogP contribution < -0.4 is 5.32 Å². The Hall–Kier alpha value is -2.70. The van der Waals surface area contributed by atoms with Crippen LogP contribution in [-0.2, 0) is 4.79 Å². The van der Waals surface area contributed by atoms with Gasteiger partial charge in [-0.05, 0) is 31.7 Å². The van der Waals surface area contributed by atoms with E-state index in [4.69, 9.17) is 0 Å². The van der Waals surface area contributed by atoms with Crippen molar-refractivity contribution in [2.75, 3.05) is 18.4 Å². The van der Waals surface area contributed by atoms with Crippen LogP contribution in [0.2, 0.25) is 0 Å². The minimum absolute atomic E-state index is 0.0216. The van der Waals surface area contributed by atoms with Gasteiger partial charge in [0.2, 0.25) is 5.91 Å². The molecule has 27 heavy (non-hydrogen) atoms. The molecule has 0 radical (unpaired) electrons. The maximum Gasteiger partial charge on any atom is 0.295 e. The van der Waals surface area contributed by atoms with Crippen LogP contribution in [0.1, 0.15) is 38.8 Å². The molecule has 2 heterocycles. The number of pyridine rings is 1. The standard InChI is InChI=1S/C20H26N4O3/c1-13(2)11-19(25)23-9-7-15(8-10-23)22-17-12-14(3)21-20-16(17)5-4-6-18(20)24(26)27/h4-6,12-13,15H,7-11H2,1-3H3,(H,21,22). The number of benzene rings is 1. The Bertz CT molecular complexity index is 858. The Labute approximate surface area is 158 Å². The molecule has 0 atom stereocenters. The van der Waals surface area contributed by atoms with Gasteiger partial charge in [-0.1, -0.05) is 26.0 Å². The summed E-state index contributed by atoms with van der Waals surface area (Å²) in [6.45, 7) is 7.44. The van der Waals surface area contributed by atoms with Crippen LogP contribution in [0.4, 0.5) is 11.4 Å². The largest absolute Gasteiger partial charge is 0.382 e. The van der Waals surface area contributed by atoms with Gasteiger partial charge in [-0.2, -0.15) is 0 Å². The molecule has 0 saturated carbocycles. The molecule has 1 amide bonds. The number of hydrogen-bond acceptors (Lipinski definition) is 5. The second kappa shape index (κ2) is 7.90. The summed E-state index contributed by atoms with van der Waals surface area (Å²) in [6, 6.07) is 7.20. The SMILES string of the molecule is Cc1cc(NC2CCN(C(=O)CC(C)C)CC2)c2cccc([N+](=O)[O-])c2n1. The quantitative estimate of drug-likeness (QED) is 0.637. The fourth-order valence-electron chi connectivity index (χ4n) is 3.60. The zero-order chi connectivity index (χ0) is 19.6. The van der Waals surface area contributed by atoms with Crippen molar-refractivity contribution in [2.24, 2.45) is 5.92 Å². The summed E-state index contributed by atoms with van der Waals surface area (Å²) in [5, 5.41) is 15.6. The number of non-ortho nitro benzene ring substituents is 1. The van der Waals surface area contributed by atoms with Gasteiger partial charge < -0.3 is 10.2 Å². The molecule has 1 aliphatic heterocycles. The Morgan fingerprint density at radius 2 is 2.07 bits per heavy atom. The maximum absolute atomic E-state index is 12.2. The molecule has 1 saturated heterocycles. The minimum Gasteiger partial charge on any atom is -0.382 e. The highest BCUT2D eigenvalue weighted by atomic mass is 16.6. The highest BCUT2D eigenvalue weighted by molar-refractivity contribution is 5.96. The van der Waals surface area contributed by atoms with E-state index in [9.17, 15) is 14.9 Å². The van der Waals surface area contributed by atoms with Gasteiger partial charge in [-0.25, -0.2) is 4.98 Å². The summed E-state index contributed by atoms with van der Waals surface area (Å²) in [6.07, 6.45) is 2.32. The highest BCUT2D eigenvalue weighted by Gasteiger charge is 2.24. The number of aryl methyl sites for hydroxylation is 1. The third-order valence-electron chi connectivity index (χ3n) is 4.93. The topological polar surface area (TPSA) is 88.4 Å². The number of nitro groups is 1. The highest BCUT2D eigenvalue weighted by Crippen LogP contribution is 2.31. The molecule has 1 aliphatic rings. The van der Waals surface area contributed by atoms with Crippen molar-refractivity contribution in [3.05, 3.63) is 40.1 Å². The predicted octanol–water partition coefficient (Wildman–Crippen LogP) is 3.90. The fraction of sp³-hybridized carbons (Fsp3) is 0.500. The molecule has 1 aromatic heterocycles. The summed E-state index contributed by atoms with van der Waals surface area (Å²) >= 11 is 0. The Kier molecular flexibility index (Phi) is 5.58. The van der Waals surface area contributed by atoms with E-state index in [1.165, 1.54) is 6.07 Å². The Morgan fingerprint density at radius 1 is 1.37 bits per heavy atom. The number of nitrogens with one attached hydrogen (secondary N) is 1. The van der Waals surface area contributed by atoms with Crippen LogP contribution in [0.25, 0.3) is 10.9 Å². The summed E-state index contributed by atoms with van der Waals surface area (Å²) in [7, 11) is 0. The molecule has 7 nitrogen and oxygen atoms in total. The monoisotopic (exact) mass is 370 g/mol. The Balaban J connectivity index is 1.75. The number of carbonyl (C=O) groups is 1. The van der Waals surface area contributed by atoms with Gasteiger partial charge in [-0.3, -0.25) is 14.9 Å². The lowest BCUT2D eigenvalue weighted by Gasteiger charge is -2.33. The van der Waals surface area contributed by atoms with Crippen LogP contribution in [0.3, 0.4) is 0 Å². The zero-order valence-corrected chi connectivity index (χ0v) is 16.1. The third kappa shape index (κ3) is 4.35. The molecular formula is C20H26N4O3. The van der Waals surface area contributed by atoms with Crippen molar-refractivity contribution in [1.82, 2.24) is 9.88 Å². The number of likely N-dealkylation sites (tertiary alicyclic amines) is 1. The molecule has 0 spiro atoms. The van der Waals surface area contributed by atoms with Gasteiger partial charge in [0.05, 0.1) is 4.92 Å². The Morgan fingerprint density at radius 3 is 2.70 bits per heavy atom. The number of fused-ring (bicyclic) bond motifs is 1. The normalized spacial score (nSPS) is 15.3. The lowest BCUT2D eigenvalue weighted by atomic mass is 10.0. The average Bonchev–Trinajstić information content (AvgIpc) is 2.61. The number of amides is 1. The molecule has 1 N–H and O–H groups in total. The van der Waals surface area contributed by atoms with E-state index >= 15 is 0 Å². The van der Waals surface area contributed by atoms with Crippen molar-refractivity contribution in [3.63, 3.8) is 0 Å². The predicted molar refractivity (Wildman–Crippen MR) is 106 cm³/mol. The summed E-state index contributed by atoms with van der Waals surface area (Å²) in [5.74, 6) is 0.597. The van der Waals surface area contributed by atoms with Crippen LogP contribution in [-0.4, -0.2) is 39.8 Å². The van der Waals surface area contributed by atoms with Crippen LogP contribution in [0, 0.1) is 23.0 Å². The van der Waals surface area contributed by atoms with Crippen LogP contribution >= 0.6 is 0 Å². The first-order valence-corrected chi connectivity index (χ1v) is 9.44. The molecule has 0 aliphatic carbocycles. The fourth-order valence-corrected chi connectivity index (χ4v) is 3.60. The van der Waals surface area contributed by atoms with Crippen molar-refractivity contribution in [1.29, 1.82) is 0 Å². The molecule has 1 fully saturated rings. The van der Waals surface area contributed by atoms with Crippen molar-refractivity contribution in [3.8, 4) is 0 Å². The van der Waals surface area contributed by atoms with Gasteiger partial charge >= 0.3 is 0 Å². The number of carbonyl (C=O) groups excluding carboxylic acids is 1. The van der Waals surface area contributed by atoms with E-state index in [2.05, 4.69) is 24.1 Å². The zero-order valence-electron chi connectivity index (χ0n) is 16.1. The van der Waals surface area contributed by atoms with Crippen LogP contribution in [0.15, 0.2) is 24.3 Å². The molecule has 0 bridgehead atoms. The molecule has 1 aromatic carbocycles. The first-order valence-electron chi connectivity index (χ1n) is 9.44. The first-order chi connectivity index (χ1) is 12.8. The van der Waals surface area contributed by atoms with Crippen LogP contribution in [0.5, 0.6) is 0 Å². The lowest BCUT2D eigenvalue weighted by Crippen LogP contribution is -2.42. The summed E-state index contributed by atoms with van der Waals surface area (Å²) < 4.78 is 0. The average molecular weight is 370 g/mol. The van der Waals surface area contributed by atoms with Crippen molar-refractivity contribution < 1.29 is 9.72 Å². The third-order valence-corrected chi connectivity index (χ3v) is 4.93. The number of nitrogens with zero attached hydrogens (tertiary/aromatic N) is 3. The molecule has 2 aromatic rings.